The number of rotatable bonds is 6. The van der Waals surface area contributed by atoms with Gasteiger partial charge in [-0.2, -0.15) is 4.99 Å². The molecule has 1 aromatic rings. The van der Waals surface area contributed by atoms with Crippen LogP contribution in [0.15, 0.2) is 29.3 Å². The fraction of sp³-hybridized carbons (Fsp3) is 0.591. The second-order valence-electron chi connectivity index (χ2n) is 8.76. The predicted octanol–water partition coefficient (Wildman–Crippen LogP) is 5.43. The van der Waals surface area contributed by atoms with Crippen LogP contribution in [0.1, 0.15) is 71.9 Å². The zero-order valence-electron chi connectivity index (χ0n) is 17.7. The number of carbonyl (C=O) groups excluding carboxylic acids is 2. The lowest BCUT2D eigenvalue weighted by Gasteiger charge is -2.20. The Kier molecular flexibility index (Phi) is 8.20. The quantitative estimate of drug-likeness (QED) is 0.491. The van der Waals surface area contributed by atoms with Crippen LogP contribution in [0.4, 0.5) is 4.79 Å². The highest BCUT2D eigenvalue weighted by molar-refractivity contribution is 6.03. The highest BCUT2D eigenvalue weighted by Gasteiger charge is 2.20. The van der Waals surface area contributed by atoms with E-state index >= 15 is 0 Å². The van der Waals surface area contributed by atoms with Crippen LogP contribution in [-0.4, -0.2) is 29.0 Å². The van der Waals surface area contributed by atoms with Crippen molar-refractivity contribution in [2.75, 3.05) is 0 Å². The SMILES string of the molecule is Cc1ccc(CCCC(CC(=O)OC(C)(C)C)=NC(=O)OC(C)(C)C)cc1. The Hall–Kier alpha value is -2.17. The van der Waals surface area contributed by atoms with Crippen LogP contribution in [0.2, 0.25) is 0 Å². The van der Waals surface area contributed by atoms with E-state index in [-0.39, 0.29) is 12.4 Å². The van der Waals surface area contributed by atoms with Gasteiger partial charge in [-0.3, -0.25) is 4.79 Å². The van der Waals surface area contributed by atoms with E-state index in [9.17, 15) is 9.59 Å². The van der Waals surface area contributed by atoms with Crippen molar-refractivity contribution in [1.29, 1.82) is 0 Å². The molecule has 0 atom stereocenters. The maximum Gasteiger partial charge on any atom is 0.434 e. The Morgan fingerprint density at radius 2 is 1.48 bits per heavy atom. The molecule has 0 heterocycles. The molecule has 1 amide bonds. The lowest BCUT2D eigenvalue weighted by Crippen LogP contribution is -2.26. The van der Waals surface area contributed by atoms with E-state index in [2.05, 4.69) is 36.2 Å². The van der Waals surface area contributed by atoms with Gasteiger partial charge in [0.15, 0.2) is 0 Å². The molecular weight excluding hydrogens is 342 g/mol. The molecular formula is C22H33NO4. The van der Waals surface area contributed by atoms with Gasteiger partial charge >= 0.3 is 12.1 Å². The van der Waals surface area contributed by atoms with Crippen LogP contribution in [0.25, 0.3) is 0 Å². The summed E-state index contributed by atoms with van der Waals surface area (Å²) in [5, 5.41) is 0. The number of hydrogen-bond donors (Lipinski definition) is 0. The van der Waals surface area contributed by atoms with Gasteiger partial charge in [-0.25, -0.2) is 4.79 Å². The molecule has 27 heavy (non-hydrogen) atoms. The van der Waals surface area contributed by atoms with E-state index in [1.54, 1.807) is 20.8 Å². The lowest BCUT2D eigenvalue weighted by molar-refractivity contribution is -0.153. The van der Waals surface area contributed by atoms with E-state index in [4.69, 9.17) is 9.47 Å². The number of nitrogens with zero attached hydrogens (tertiary/aromatic N) is 1. The highest BCUT2D eigenvalue weighted by atomic mass is 16.6. The van der Waals surface area contributed by atoms with Crippen molar-refractivity contribution in [3.63, 3.8) is 0 Å². The zero-order chi connectivity index (χ0) is 20.7. The smallest absolute Gasteiger partial charge is 0.434 e. The molecule has 0 aliphatic rings. The van der Waals surface area contributed by atoms with Crippen molar-refractivity contribution in [3.8, 4) is 0 Å². The van der Waals surface area contributed by atoms with Crippen LogP contribution in [0.3, 0.4) is 0 Å². The van der Waals surface area contributed by atoms with Gasteiger partial charge in [-0.05, 0) is 73.3 Å². The van der Waals surface area contributed by atoms with Crippen LogP contribution in [-0.2, 0) is 20.7 Å². The maximum atomic E-state index is 12.2. The van der Waals surface area contributed by atoms with Crippen molar-refractivity contribution in [3.05, 3.63) is 35.4 Å². The van der Waals surface area contributed by atoms with Crippen LogP contribution >= 0.6 is 0 Å². The third-order valence-electron chi connectivity index (χ3n) is 3.46. The molecule has 1 aromatic carbocycles. The molecule has 5 heteroatoms. The molecule has 150 valence electrons. The number of esters is 1. The second-order valence-corrected chi connectivity index (χ2v) is 8.76. The number of amides is 1. The Balaban J connectivity index is 2.75. The molecule has 0 saturated carbocycles. The van der Waals surface area contributed by atoms with Gasteiger partial charge in [0.25, 0.3) is 0 Å². The first-order chi connectivity index (χ1) is 12.3. The number of ether oxygens (including phenoxy) is 2. The molecule has 0 aliphatic carbocycles. The summed E-state index contributed by atoms with van der Waals surface area (Å²) in [6.45, 7) is 12.8. The summed E-state index contributed by atoms with van der Waals surface area (Å²) in [7, 11) is 0. The Labute approximate surface area is 163 Å². The largest absolute Gasteiger partial charge is 0.460 e. The first-order valence-electron chi connectivity index (χ1n) is 9.41. The monoisotopic (exact) mass is 375 g/mol. The van der Waals surface area contributed by atoms with Crippen LogP contribution in [0, 0.1) is 6.92 Å². The molecule has 1 rings (SSSR count). The minimum atomic E-state index is -0.670. The number of carbonyl (C=O) groups is 2. The fourth-order valence-corrected chi connectivity index (χ4v) is 2.39. The summed E-state index contributed by atoms with van der Waals surface area (Å²) >= 11 is 0. The molecule has 0 saturated heterocycles. The van der Waals surface area contributed by atoms with Gasteiger partial charge in [0.2, 0.25) is 0 Å². The number of aliphatic imine (C=N–C) groups is 1. The molecule has 5 nitrogen and oxygen atoms in total. The predicted molar refractivity (Wildman–Crippen MR) is 108 cm³/mol. The van der Waals surface area contributed by atoms with Crippen molar-refractivity contribution in [2.45, 2.75) is 85.4 Å². The van der Waals surface area contributed by atoms with Crippen LogP contribution < -0.4 is 0 Å². The van der Waals surface area contributed by atoms with Crippen molar-refractivity contribution in [1.82, 2.24) is 0 Å². The Bertz CT molecular complexity index is 661. The molecule has 0 radical (unpaired) electrons. The van der Waals surface area contributed by atoms with Gasteiger partial charge in [-0.1, -0.05) is 29.8 Å². The third kappa shape index (κ3) is 11.2. The first kappa shape index (κ1) is 22.9. The molecule has 0 spiro atoms. The zero-order valence-corrected chi connectivity index (χ0v) is 17.7. The standard InChI is InChI=1S/C22H33NO4/c1-16-11-13-17(14-12-16)9-8-10-18(15-19(24)26-21(2,3)4)23-20(25)27-22(5,6)7/h11-14H,8-10,15H2,1-7H3. The molecule has 0 unspecified atom stereocenters. The molecule has 0 fully saturated rings. The van der Waals surface area contributed by atoms with E-state index < -0.39 is 17.3 Å². The highest BCUT2D eigenvalue weighted by Crippen LogP contribution is 2.14. The normalized spacial score (nSPS) is 12.6. The topological polar surface area (TPSA) is 65.0 Å². The Morgan fingerprint density at radius 3 is 2.00 bits per heavy atom. The average molecular weight is 376 g/mol. The second kappa shape index (κ2) is 9.67. The first-order valence-corrected chi connectivity index (χ1v) is 9.41. The van der Waals surface area contributed by atoms with E-state index in [0.29, 0.717) is 12.1 Å². The van der Waals surface area contributed by atoms with Gasteiger partial charge in [0, 0.05) is 5.71 Å². The Morgan fingerprint density at radius 1 is 0.926 bits per heavy atom. The summed E-state index contributed by atoms with van der Waals surface area (Å²) in [6, 6.07) is 8.33. The van der Waals surface area contributed by atoms with E-state index in [1.165, 1.54) is 11.1 Å². The number of benzene rings is 1. The van der Waals surface area contributed by atoms with Gasteiger partial charge < -0.3 is 9.47 Å². The van der Waals surface area contributed by atoms with Gasteiger partial charge in [0.1, 0.15) is 11.2 Å². The minimum Gasteiger partial charge on any atom is -0.460 e. The fourth-order valence-electron chi connectivity index (χ4n) is 2.39. The molecule has 0 bridgehead atoms. The van der Waals surface area contributed by atoms with Crippen molar-refractivity contribution >= 4 is 17.8 Å². The van der Waals surface area contributed by atoms with E-state index in [1.807, 2.05) is 20.8 Å². The third-order valence-corrected chi connectivity index (χ3v) is 3.46. The van der Waals surface area contributed by atoms with Crippen LogP contribution in [0.5, 0.6) is 0 Å². The number of aryl methyl sites for hydroxylation is 2. The summed E-state index contributed by atoms with van der Waals surface area (Å²) in [6.07, 6.45) is 1.49. The maximum absolute atomic E-state index is 12.2. The van der Waals surface area contributed by atoms with Crippen molar-refractivity contribution in [2.24, 2.45) is 4.99 Å². The number of hydrogen-bond acceptors (Lipinski definition) is 4. The average Bonchev–Trinajstić information content (AvgIpc) is 2.45. The summed E-state index contributed by atoms with van der Waals surface area (Å²) in [5.74, 6) is -0.389. The summed E-state index contributed by atoms with van der Waals surface area (Å²) in [4.78, 5) is 28.2. The van der Waals surface area contributed by atoms with E-state index in [0.717, 1.165) is 12.8 Å². The minimum absolute atomic E-state index is 0.00951. The lowest BCUT2D eigenvalue weighted by atomic mass is 10.0. The molecule has 0 aliphatic heterocycles. The molecule has 0 N–H and O–H groups in total. The van der Waals surface area contributed by atoms with Gasteiger partial charge in [0.05, 0.1) is 6.42 Å². The van der Waals surface area contributed by atoms with Gasteiger partial charge in [-0.15, -0.1) is 0 Å². The summed E-state index contributed by atoms with van der Waals surface area (Å²) in [5.41, 5.74) is 1.73. The summed E-state index contributed by atoms with van der Waals surface area (Å²) < 4.78 is 10.6. The van der Waals surface area contributed by atoms with Crippen molar-refractivity contribution < 1.29 is 19.1 Å². The molecule has 0 aromatic heterocycles.